The molecule has 0 radical (unpaired) electrons. The first-order valence-electron chi connectivity index (χ1n) is 8.37. The van der Waals surface area contributed by atoms with Crippen molar-refractivity contribution in [3.05, 3.63) is 52.9 Å². The van der Waals surface area contributed by atoms with Crippen LogP contribution in [0.15, 0.2) is 30.3 Å². The van der Waals surface area contributed by atoms with Crippen LogP contribution >= 0.6 is 0 Å². The lowest BCUT2D eigenvalue weighted by Crippen LogP contribution is -2.40. The van der Waals surface area contributed by atoms with Crippen molar-refractivity contribution in [2.75, 3.05) is 25.5 Å². The van der Waals surface area contributed by atoms with Gasteiger partial charge < -0.3 is 15.1 Å². The summed E-state index contributed by atoms with van der Waals surface area (Å²) >= 11 is 0. The Balaban J connectivity index is 1.73. The Hall–Kier alpha value is -2.45. The zero-order valence-corrected chi connectivity index (χ0v) is 14.3. The Bertz CT molecular complexity index is 732. The minimum absolute atomic E-state index is 0.420. The molecule has 1 aromatic carbocycles. The van der Waals surface area contributed by atoms with Gasteiger partial charge in [-0.15, -0.1) is 10.2 Å². The molecule has 1 aliphatic rings. The average Bonchev–Trinajstić information content (AvgIpc) is 2.58. The molecule has 0 spiro atoms. The third kappa shape index (κ3) is 3.90. The zero-order valence-electron chi connectivity index (χ0n) is 14.3. The number of benzene rings is 1. The Kier molecular flexibility index (Phi) is 5.07. The fourth-order valence-corrected chi connectivity index (χ4v) is 3.12. The van der Waals surface area contributed by atoms with Gasteiger partial charge in [-0.3, -0.25) is 0 Å². The van der Waals surface area contributed by atoms with Gasteiger partial charge in [0.2, 0.25) is 6.54 Å². The standard InChI is InChI=1S/C19H23N5/c1-14-11-18(16-8-6-15(7-9-16)12-20-2)22-23-19(14)21-17-5-4-10-24(3)13-17/h6-9,11,17H,4-5,10,12-13H2,1,3H3,(H,21,23)/t17-/m1/s1. The number of piperidine rings is 1. The molecule has 124 valence electrons. The number of nitrogens with zero attached hydrogens (tertiary/aromatic N) is 4. The molecular weight excluding hydrogens is 298 g/mol. The summed E-state index contributed by atoms with van der Waals surface area (Å²) < 4.78 is 0. The van der Waals surface area contributed by atoms with Crippen LogP contribution in [-0.4, -0.2) is 41.3 Å². The molecule has 1 atom stereocenters. The van der Waals surface area contributed by atoms with Crippen molar-refractivity contribution in [1.82, 2.24) is 15.1 Å². The largest absolute Gasteiger partial charge is 0.364 e. The molecule has 0 amide bonds. The highest BCUT2D eigenvalue weighted by Gasteiger charge is 2.18. The number of likely N-dealkylation sites (tertiary alicyclic amines) is 1. The second-order valence-electron chi connectivity index (χ2n) is 6.52. The number of anilines is 1. The van der Waals surface area contributed by atoms with Gasteiger partial charge in [0.15, 0.2) is 5.82 Å². The monoisotopic (exact) mass is 321 g/mol. The van der Waals surface area contributed by atoms with E-state index in [1.165, 1.54) is 19.4 Å². The van der Waals surface area contributed by atoms with E-state index in [0.717, 1.165) is 34.7 Å². The molecule has 0 unspecified atom stereocenters. The van der Waals surface area contributed by atoms with Gasteiger partial charge in [-0.1, -0.05) is 24.3 Å². The zero-order chi connectivity index (χ0) is 16.9. The van der Waals surface area contributed by atoms with Crippen LogP contribution in [-0.2, 0) is 6.54 Å². The molecule has 24 heavy (non-hydrogen) atoms. The van der Waals surface area contributed by atoms with E-state index < -0.39 is 0 Å². The highest BCUT2D eigenvalue weighted by molar-refractivity contribution is 5.62. The first-order valence-corrected chi connectivity index (χ1v) is 8.37. The molecular formula is C19H23N5. The fourth-order valence-electron chi connectivity index (χ4n) is 3.12. The molecule has 5 nitrogen and oxygen atoms in total. The van der Waals surface area contributed by atoms with Gasteiger partial charge in [-0.2, -0.15) is 0 Å². The highest BCUT2D eigenvalue weighted by Crippen LogP contribution is 2.22. The maximum atomic E-state index is 6.92. The van der Waals surface area contributed by atoms with Crippen molar-refractivity contribution < 1.29 is 0 Å². The van der Waals surface area contributed by atoms with Crippen LogP contribution in [0, 0.1) is 13.5 Å². The number of nitrogens with one attached hydrogen (secondary N) is 1. The van der Waals surface area contributed by atoms with Gasteiger partial charge in [0.1, 0.15) is 0 Å². The van der Waals surface area contributed by atoms with Gasteiger partial charge in [-0.25, -0.2) is 6.57 Å². The predicted molar refractivity (Wildman–Crippen MR) is 96.7 cm³/mol. The minimum atomic E-state index is 0.420. The Morgan fingerprint density at radius 1 is 1.29 bits per heavy atom. The first kappa shape index (κ1) is 16.4. The summed E-state index contributed by atoms with van der Waals surface area (Å²) in [5.74, 6) is 0.878. The van der Waals surface area contributed by atoms with Crippen molar-refractivity contribution in [3.63, 3.8) is 0 Å². The van der Waals surface area contributed by atoms with Gasteiger partial charge in [0.25, 0.3) is 0 Å². The van der Waals surface area contributed by atoms with Crippen molar-refractivity contribution in [1.29, 1.82) is 0 Å². The van der Waals surface area contributed by atoms with E-state index in [0.29, 0.717) is 12.6 Å². The third-order valence-corrected chi connectivity index (χ3v) is 4.46. The molecule has 5 heteroatoms. The lowest BCUT2D eigenvalue weighted by molar-refractivity contribution is 0.260. The number of aromatic nitrogens is 2. The van der Waals surface area contributed by atoms with Gasteiger partial charge in [0.05, 0.1) is 5.69 Å². The molecule has 1 fully saturated rings. The number of hydrogen-bond donors (Lipinski definition) is 1. The number of aryl methyl sites for hydroxylation is 1. The van der Waals surface area contributed by atoms with Crippen molar-refractivity contribution >= 4 is 5.82 Å². The molecule has 0 saturated carbocycles. The van der Waals surface area contributed by atoms with Gasteiger partial charge in [0, 0.05) is 23.7 Å². The van der Waals surface area contributed by atoms with E-state index in [9.17, 15) is 0 Å². The van der Waals surface area contributed by atoms with E-state index >= 15 is 0 Å². The normalized spacial score (nSPS) is 18.1. The summed E-state index contributed by atoms with van der Waals surface area (Å²) in [6, 6.07) is 10.5. The second-order valence-corrected chi connectivity index (χ2v) is 6.52. The van der Waals surface area contributed by atoms with Crippen LogP contribution < -0.4 is 5.32 Å². The Labute approximate surface area is 143 Å². The summed E-state index contributed by atoms with van der Waals surface area (Å²) in [7, 11) is 2.16. The maximum Gasteiger partial charge on any atom is 0.239 e. The molecule has 0 aliphatic carbocycles. The van der Waals surface area contributed by atoms with Crippen molar-refractivity contribution in [3.8, 4) is 11.3 Å². The summed E-state index contributed by atoms with van der Waals surface area (Å²) in [6.07, 6.45) is 2.39. The van der Waals surface area contributed by atoms with E-state index in [-0.39, 0.29) is 0 Å². The van der Waals surface area contributed by atoms with Crippen LogP contribution in [0.25, 0.3) is 16.1 Å². The minimum Gasteiger partial charge on any atom is -0.364 e. The molecule has 2 heterocycles. The number of rotatable bonds is 4. The fraction of sp³-hybridized carbons (Fsp3) is 0.421. The molecule has 2 aromatic rings. The van der Waals surface area contributed by atoms with E-state index in [1.54, 1.807) is 0 Å². The molecule has 0 bridgehead atoms. The van der Waals surface area contributed by atoms with Gasteiger partial charge >= 0.3 is 0 Å². The predicted octanol–water partition coefficient (Wildman–Crippen LogP) is 3.38. The number of hydrogen-bond acceptors (Lipinski definition) is 4. The number of likely N-dealkylation sites (N-methyl/N-ethyl adjacent to an activating group) is 1. The second kappa shape index (κ2) is 7.41. The quantitative estimate of drug-likeness (QED) is 0.877. The Morgan fingerprint density at radius 2 is 2.08 bits per heavy atom. The van der Waals surface area contributed by atoms with Crippen LogP contribution in [0.3, 0.4) is 0 Å². The highest BCUT2D eigenvalue weighted by atomic mass is 15.2. The third-order valence-electron chi connectivity index (χ3n) is 4.46. The van der Waals surface area contributed by atoms with E-state index in [2.05, 4.69) is 45.3 Å². The SMILES string of the molecule is [C-]#[N+]Cc1ccc(-c2cc(C)c(N[C@@H]3CCCN(C)C3)nn2)cc1. The molecule has 3 rings (SSSR count). The average molecular weight is 321 g/mol. The maximum absolute atomic E-state index is 6.92. The topological polar surface area (TPSA) is 45.4 Å². The smallest absolute Gasteiger partial charge is 0.239 e. The lowest BCUT2D eigenvalue weighted by Gasteiger charge is -2.30. The summed E-state index contributed by atoms with van der Waals surface area (Å²) in [5.41, 5.74) is 4.04. The van der Waals surface area contributed by atoms with E-state index in [4.69, 9.17) is 6.57 Å². The lowest BCUT2D eigenvalue weighted by atomic mass is 10.1. The van der Waals surface area contributed by atoms with Crippen LogP contribution in [0.4, 0.5) is 5.82 Å². The van der Waals surface area contributed by atoms with E-state index in [1.807, 2.05) is 24.3 Å². The molecule has 1 aliphatic heterocycles. The van der Waals surface area contributed by atoms with Crippen molar-refractivity contribution in [2.24, 2.45) is 0 Å². The van der Waals surface area contributed by atoms with Crippen molar-refractivity contribution in [2.45, 2.75) is 32.4 Å². The summed E-state index contributed by atoms with van der Waals surface area (Å²) in [5, 5.41) is 12.3. The Morgan fingerprint density at radius 3 is 2.75 bits per heavy atom. The molecule has 1 N–H and O–H groups in total. The van der Waals surface area contributed by atoms with Crippen LogP contribution in [0.5, 0.6) is 0 Å². The van der Waals surface area contributed by atoms with Crippen LogP contribution in [0.1, 0.15) is 24.0 Å². The molecule has 1 aromatic heterocycles. The van der Waals surface area contributed by atoms with Crippen LogP contribution in [0.2, 0.25) is 0 Å². The van der Waals surface area contributed by atoms with Gasteiger partial charge in [-0.05, 0) is 45.0 Å². The molecule has 1 saturated heterocycles. The summed E-state index contributed by atoms with van der Waals surface area (Å²) in [4.78, 5) is 5.76. The summed E-state index contributed by atoms with van der Waals surface area (Å²) in [6.45, 7) is 11.6. The first-order chi connectivity index (χ1) is 11.7.